The molecule has 0 saturated carbocycles. The van der Waals surface area contributed by atoms with E-state index in [2.05, 4.69) is 10.1 Å². The normalized spacial score (nSPS) is 17.4. The average molecular weight is 339 g/mol. The molecule has 122 valence electrons. The molecule has 6 heteroatoms. The first kappa shape index (κ1) is 15.1. The summed E-state index contributed by atoms with van der Waals surface area (Å²) < 4.78 is 5.36. The number of aryl methyl sites for hydroxylation is 1. The van der Waals surface area contributed by atoms with Crippen molar-refractivity contribution in [2.24, 2.45) is 0 Å². The second-order valence-electron chi connectivity index (χ2n) is 6.02. The lowest BCUT2D eigenvalue weighted by Crippen LogP contribution is -2.29. The molecule has 0 spiro atoms. The molecule has 0 N–H and O–H groups in total. The molecule has 1 saturated heterocycles. The average Bonchev–Trinajstić information content (AvgIpc) is 3.33. The van der Waals surface area contributed by atoms with E-state index in [4.69, 9.17) is 4.52 Å². The van der Waals surface area contributed by atoms with Gasteiger partial charge in [0, 0.05) is 30.0 Å². The first-order chi connectivity index (χ1) is 11.7. The number of aromatic nitrogens is 2. The fourth-order valence-corrected chi connectivity index (χ4v) is 3.67. The van der Waals surface area contributed by atoms with Crippen molar-refractivity contribution in [2.45, 2.75) is 19.3 Å². The van der Waals surface area contributed by atoms with Gasteiger partial charge in [-0.05, 0) is 36.4 Å². The van der Waals surface area contributed by atoms with Gasteiger partial charge >= 0.3 is 0 Å². The van der Waals surface area contributed by atoms with Crippen molar-refractivity contribution in [3.63, 3.8) is 0 Å². The summed E-state index contributed by atoms with van der Waals surface area (Å²) in [6.07, 6.45) is 0.861. The summed E-state index contributed by atoms with van der Waals surface area (Å²) in [7, 11) is 0. The van der Waals surface area contributed by atoms with Gasteiger partial charge in [0.05, 0.1) is 5.56 Å². The Labute approximate surface area is 143 Å². The van der Waals surface area contributed by atoms with Crippen molar-refractivity contribution < 1.29 is 9.32 Å². The maximum atomic E-state index is 12.7. The topological polar surface area (TPSA) is 59.2 Å². The van der Waals surface area contributed by atoms with E-state index in [1.807, 2.05) is 52.9 Å². The number of nitrogens with zero attached hydrogens (tertiary/aromatic N) is 3. The number of hydrogen-bond donors (Lipinski definition) is 0. The maximum absolute atomic E-state index is 12.7. The minimum absolute atomic E-state index is 0.0807. The van der Waals surface area contributed by atoms with Gasteiger partial charge in [0.2, 0.25) is 0 Å². The highest BCUT2D eigenvalue weighted by atomic mass is 32.1. The van der Waals surface area contributed by atoms with E-state index in [1.165, 1.54) is 0 Å². The third-order valence-electron chi connectivity index (χ3n) is 4.43. The van der Waals surface area contributed by atoms with Crippen molar-refractivity contribution in [1.29, 1.82) is 0 Å². The summed E-state index contributed by atoms with van der Waals surface area (Å²) in [5, 5.41) is 8.09. The second-order valence-corrected chi connectivity index (χ2v) is 6.80. The summed E-state index contributed by atoms with van der Waals surface area (Å²) in [4.78, 5) is 19.1. The molecule has 1 aliphatic rings. The Morgan fingerprint density at radius 3 is 3.00 bits per heavy atom. The van der Waals surface area contributed by atoms with Crippen LogP contribution in [0.4, 0.5) is 0 Å². The first-order valence-corrected chi connectivity index (χ1v) is 8.88. The summed E-state index contributed by atoms with van der Waals surface area (Å²) in [6.45, 7) is 3.32. The van der Waals surface area contributed by atoms with Gasteiger partial charge < -0.3 is 9.42 Å². The van der Waals surface area contributed by atoms with Crippen LogP contribution < -0.4 is 0 Å². The minimum atomic E-state index is 0.0807. The Morgan fingerprint density at radius 1 is 1.33 bits per heavy atom. The molecule has 1 atom stereocenters. The van der Waals surface area contributed by atoms with Crippen LogP contribution in [0.3, 0.4) is 0 Å². The molecule has 1 aliphatic heterocycles. The Morgan fingerprint density at radius 2 is 2.21 bits per heavy atom. The molecular formula is C18H17N3O2S. The summed E-state index contributed by atoms with van der Waals surface area (Å²) in [5.41, 5.74) is 2.72. The largest absolute Gasteiger partial charge is 0.338 e. The molecule has 24 heavy (non-hydrogen) atoms. The third kappa shape index (κ3) is 2.73. The van der Waals surface area contributed by atoms with Crippen molar-refractivity contribution >= 4 is 17.2 Å². The molecule has 0 unspecified atom stereocenters. The Kier molecular flexibility index (Phi) is 3.90. The summed E-state index contributed by atoms with van der Waals surface area (Å²) >= 11 is 1.60. The maximum Gasteiger partial charge on any atom is 0.258 e. The van der Waals surface area contributed by atoms with Crippen LogP contribution >= 0.6 is 11.3 Å². The standard InChI is InChI=1S/C18H17N3O2S/c1-12-4-2-3-5-15(12)18(22)21-8-6-13(10-21)16-19-17(23-20-16)14-7-9-24-11-14/h2-5,7,9,11,13H,6,8,10H2,1H3/t13-/m0/s1. The molecule has 3 heterocycles. The molecule has 0 aliphatic carbocycles. The van der Waals surface area contributed by atoms with E-state index in [-0.39, 0.29) is 11.8 Å². The molecule has 1 aromatic carbocycles. The first-order valence-electron chi connectivity index (χ1n) is 7.93. The summed E-state index contributed by atoms with van der Waals surface area (Å²) in [6, 6.07) is 9.66. The lowest BCUT2D eigenvalue weighted by molar-refractivity contribution is 0.0789. The fraction of sp³-hybridized carbons (Fsp3) is 0.278. The highest BCUT2D eigenvalue weighted by molar-refractivity contribution is 7.08. The monoisotopic (exact) mass is 339 g/mol. The summed E-state index contributed by atoms with van der Waals surface area (Å²) in [5.74, 6) is 1.46. The Bertz CT molecular complexity index is 857. The molecule has 4 rings (SSSR count). The van der Waals surface area contributed by atoms with Crippen molar-refractivity contribution in [3.8, 4) is 11.5 Å². The Hall–Kier alpha value is -2.47. The zero-order valence-corrected chi connectivity index (χ0v) is 14.1. The van der Waals surface area contributed by atoms with E-state index in [1.54, 1.807) is 11.3 Å². The zero-order chi connectivity index (χ0) is 16.5. The van der Waals surface area contributed by atoms with Gasteiger partial charge in [-0.15, -0.1) is 0 Å². The number of rotatable bonds is 3. The van der Waals surface area contributed by atoms with E-state index in [0.29, 0.717) is 18.3 Å². The lowest BCUT2D eigenvalue weighted by Gasteiger charge is -2.17. The van der Waals surface area contributed by atoms with Crippen LogP contribution in [-0.2, 0) is 0 Å². The number of carbonyl (C=O) groups excluding carboxylic acids is 1. The van der Waals surface area contributed by atoms with E-state index < -0.39 is 0 Å². The molecule has 2 aromatic heterocycles. The van der Waals surface area contributed by atoms with Gasteiger partial charge in [0.1, 0.15) is 0 Å². The van der Waals surface area contributed by atoms with Crippen molar-refractivity contribution in [3.05, 3.63) is 58.0 Å². The quantitative estimate of drug-likeness (QED) is 0.729. The number of amides is 1. The van der Waals surface area contributed by atoms with Gasteiger partial charge in [-0.3, -0.25) is 4.79 Å². The number of hydrogen-bond acceptors (Lipinski definition) is 5. The van der Waals surface area contributed by atoms with Crippen LogP contribution in [-0.4, -0.2) is 34.0 Å². The highest BCUT2D eigenvalue weighted by Gasteiger charge is 2.31. The highest BCUT2D eigenvalue weighted by Crippen LogP contribution is 2.29. The van der Waals surface area contributed by atoms with Gasteiger partial charge in [-0.25, -0.2) is 0 Å². The predicted octanol–water partition coefficient (Wildman–Crippen LogP) is 3.74. The number of thiophene rings is 1. The van der Waals surface area contributed by atoms with E-state index in [9.17, 15) is 4.79 Å². The van der Waals surface area contributed by atoms with Crippen LogP contribution in [0.1, 0.15) is 34.1 Å². The van der Waals surface area contributed by atoms with Gasteiger partial charge in [0.15, 0.2) is 5.82 Å². The molecule has 0 bridgehead atoms. The smallest absolute Gasteiger partial charge is 0.258 e. The van der Waals surface area contributed by atoms with Crippen LogP contribution in [0, 0.1) is 6.92 Å². The molecule has 3 aromatic rings. The van der Waals surface area contributed by atoms with E-state index >= 15 is 0 Å². The van der Waals surface area contributed by atoms with Crippen molar-refractivity contribution in [2.75, 3.05) is 13.1 Å². The Balaban J connectivity index is 1.49. The molecule has 1 fully saturated rings. The zero-order valence-electron chi connectivity index (χ0n) is 13.3. The SMILES string of the molecule is Cc1ccccc1C(=O)N1CC[C@H](c2noc(-c3ccsc3)n2)C1. The van der Waals surface area contributed by atoms with Crippen LogP contribution in [0.15, 0.2) is 45.6 Å². The number of benzene rings is 1. The van der Waals surface area contributed by atoms with Crippen LogP contribution in [0.25, 0.3) is 11.5 Å². The number of likely N-dealkylation sites (tertiary alicyclic amines) is 1. The van der Waals surface area contributed by atoms with Gasteiger partial charge in [0.25, 0.3) is 11.8 Å². The van der Waals surface area contributed by atoms with Gasteiger partial charge in [-0.1, -0.05) is 23.4 Å². The fourth-order valence-electron chi connectivity index (χ4n) is 3.04. The molecule has 1 amide bonds. The predicted molar refractivity (Wildman–Crippen MR) is 92.1 cm³/mol. The molecule has 5 nitrogen and oxygen atoms in total. The van der Waals surface area contributed by atoms with E-state index in [0.717, 1.165) is 29.7 Å². The third-order valence-corrected chi connectivity index (χ3v) is 5.11. The minimum Gasteiger partial charge on any atom is -0.338 e. The lowest BCUT2D eigenvalue weighted by atomic mass is 10.1. The molecular weight excluding hydrogens is 322 g/mol. The second kappa shape index (κ2) is 6.20. The number of carbonyl (C=O) groups is 1. The van der Waals surface area contributed by atoms with Gasteiger partial charge in [-0.2, -0.15) is 16.3 Å². The van der Waals surface area contributed by atoms with Crippen molar-refractivity contribution in [1.82, 2.24) is 15.0 Å². The van der Waals surface area contributed by atoms with Crippen LogP contribution in [0.5, 0.6) is 0 Å². The van der Waals surface area contributed by atoms with Crippen LogP contribution in [0.2, 0.25) is 0 Å². The molecule has 0 radical (unpaired) electrons.